The number of aryl methyl sites for hydroxylation is 1. The molecule has 152 valence electrons. The molecular weight excluding hydrogens is 382 g/mol. The van der Waals surface area contributed by atoms with E-state index < -0.39 is 14.9 Å². The molecule has 0 saturated heterocycles. The molecule has 0 aliphatic rings. The number of hydrogen-bond donors (Lipinski definition) is 1. The van der Waals surface area contributed by atoms with Crippen LogP contribution in [0.4, 0.5) is 5.69 Å². The van der Waals surface area contributed by atoms with Crippen molar-refractivity contribution in [3.8, 4) is 5.75 Å². The Morgan fingerprint density at radius 2 is 1.82 bits per heavy atom. The lowest BCUT2D eigenvalue weighted by Gasteiger charge is -2.25. The average Bonchev–Trinajstić information content (AvgIpc) is 2.67. The minimum Gasteiger partial charge on any atom is -0.495 e. The van der Waals surface area contributed by atoms with Gasteiger partial charge in [0.2, 0.25) is 10.0 Å². The molecule has 2 rings (SSSR count). The molecule has 0 aliphatic carbocycles. The zero-order chi connectivity index (χ0) is 20.9. The number of likely N-dealkylation sites (N-methyl/N-ethyl adjacent to an activating group) is 1. The average molecular weight is 407 g/mol. The number of non-ortho nitro benzene ring substituents is 1. The van der Waals surface area contributed by atoms with Crippen LogP contribution >= 0.6 is 0 Å². The van der Waals surface area contributed by atoms with Gasteiger partial charge in [-0.25, -0.2) is 13.1 Å². The summed E-state index contributed by atoms with van der Waals surface area (Å²) in [4.78, 5) is 12.1. The minimum absolute atomic E-state index is 0.0737. The number of sulfonamides is 1. The molecule has 2 aromatic carbocycles. The van der Waals surface area contributed by atoms with Gasteiger partial charge in [0.15, 0.2) is 0 Å². The SMILES string of the molecule is CCc1ccc(C(CNS(=O)(=O)c2ccc([N+](=O)[O-])cc2OC)N(C)C)cc1. The first kappa shape index (κ1) is 21.8. The fourth-order valence-corrected chi connectivity index (χ4v) is 4.02. The first-order valence-electron chi connectivity index (χ1n) is 8.77. The zero-order valence-corrected chi connectivity index (χ0v) is 17.2. The highest BCUT2D eigenvalue weighted by molar-refractivity contribution is 7.89. The molecule has 9 heteroatoms. The molecule has 8 nitrogen and oxygen atoms in total. The molecule has 0 radical (unpaired) electrons. The second-order valence-electron chi connectivity index (χ2n) is 6.52. The number of hydrogen-bond acceptors (Lipinski definition) is 6. The van der Waals surface area contributed by atoms with Crippen LogP contribution in [0.25, 0.3) is 0 Å². The van der Waals surface area contributed by atoms with Crippen LogP contribution in [0.3, 0.4) is 0 Å². The summed E-state index contributed by atoms with van der Waals surface area (Å²) in [6.45, 7) is 2.21. The van der Waals surface area contributed by atoms with Gasteiger partial charge in [-0.1, -0.05) is 31.2 Å². The Morgan fingerprint density at radius 1 is 1.18 bits per heavy atom. The molecule has 1 unspecified atom stereocenters. The highest BCUT2D eigenvalue weighted by atomic mass is 32.2. The van der Waals surface area contributed by atoms with E-state index in [-0.39, 0.29) is 28.9 Å². The van der Waals surface area contributed by atoms with E-state index in [9.17, 15) is 18.5 Å². The van der Waals surface area contributed by atoms with Crippen molar-refractivity contribution in [3.63, 3.8) is 0 Å². The maximum absolute atomic E-state index is 12.8. The summed E-state index contributed by atoms with van der Waals surface area (Å²) in [5.74, 6) is -0.0737. The summed E-state index contributed by atoms with van der Waals surface area (Å²) in [6.07, 6.45) is 0.930. The Bertz CT molecular complexity index is 927. The molecule has 0 fully saturated rings. The first-order valence-corrected chi connectivity index (χ1v) is 10.2. The van der Waals surface area contributed by atoms with Crippen LogP contribution in [-0.4, -0.2) is 46.0 Å². The van der Waals surface area contributed by atoms with Crippen molar-refractivity contribution < 1.29 is 18.1 Å². The number of nitro benzene ring substituents is 1. The van der Waals surface area contributed by atoms with Gasteiger partial charge in [0.1, 0.15) is 10.6 Å². The Morgan fingerprint density at radius 3 is 2.32 bits per heavy atom. The second-order valence-corrected chi connectivity index (χ2v) is 8.25. The van der Waals surface area contributed by atoms with Gasteiger partial charge in [-0.3, -0.25) is 10.1 Å². The fraction of sp³-hybridized carbons (Fsp3) is 0.368. The highest BCUT2D eigenvalue weighted by Crippen LogP contribution is 2.28. The summed E-state index contributed by atoms with van der Waals surface area (Å²) in [7, 11) is 1.10. The van der Waals surface area contributed by atoms with E-state index in [0.717, 1.165) is 24.1 Å². The van der Waals surface area contributed by atoms with E-state index in [1.54, 1.807) is 0 Å². The number of ether oxygens (including phenoxy) is 1. The van der Waals surface area contributed by atoms with Crippen molar-refractivity contribution >= 4 is 15.7 Å². The van der Waals surface area contributed by atoms with E-state index in [4.69, 9.17) is 4.74 Å². The molecular formula is C19H25N3O5S. The molecule has 0 bridgehead atoms. The molecule has 0 aliphatic heterocycles. The Kier molecular flexibility index (Phi) is 7.11. The third kappa shape index (κ3) is 5.06. The van der Waals surface area contributed by atoms with Gasteiger partial charge < -0.3 is 9.64 Å². The van der Waals surface area contributed by atoms with Crippen molar-refractivity contribution in [2.24, 2.45) is 0 Å². The van der Waals surface area contributed by atoms with Crippen LogP contribution in [0.15, 0.2) is 47.4 Å². The summed E-state index contributed by atoms with van der Waals surface area (Å²) < 4.78 is 33.2. The van der Waals surface area contributed by atoms with E-state index in [0.29, 0.717) is 0 Å². The molecule has 0 heterocycles. The van der Waals surface area contributed by atoms with Crippen molar-refractivity contribution in [1.82, 2.24) is 9.62 Å². The number of nitrogens with one attached hydrogen (secondary N) is 1. The molecule has 28 heavy (non-hydrogen) atoms. The topological polar surface area (TPSA) is 102 Å². The summed E-state index contributed by atoms with van der Waals surface area (Å²) in [5, 5.41) is 10.9. The van der Waals surface area contributed by atoms with E-state index >= 15 is 0 Å². The standard InChI is InChI=1S/C19H25N3O5S/c1-5-14-6-8-15(9-7-14)17(21(2)3)13-20-28(25,26)19-11-10-16(22(23)24)12-18(19)27-4/h6-12,17,20H,5,13H2,1-4H3. The normalized spacial score (nSPS) is 12.8. The molecule has 2 aromatic rings. The molecule has 1 N–H and O–H groups in total. The number of rotatable bonds is 9. The van der Waals surface area contributed by atoms with Crippen LogP contribution in [-0.2, 0) is 16.4 Å². The highest BCUT2D eigenvalue weighted by Gasteiger charge is 2.24. The predicted octanol–water partition coefficient (Wildman–Crippen LogP) is 2.75. The minimum atomic E-state index is -3.92. The largest absolute Gasteiger partial charge is 0.495 e. The van der Waals surface area contributed by atoms with Gasteiger partial charge in [-0.05, 0) is 37.7 Å². The summed E-state index contributed by atoms with van der Waals surface area (Å²) in [6, 6.07) is 11.3. The van der Waals surface area contributed by atoms with E-state index in [1.165, 1.54) is 18.7 Å². The quantitative estimate of drug-likeness (QED) is 0.507. The molecule has 0 aromatic heterocycles. The summed E-state index contributed by atoms with van der Waals surface area (Å²) in [5.41, 5.74) is 1.95. The van der Waals surface area contributed by atoms with Crippen LogP contribution in [0.2, 0.25) is 0 Å². The lowest BCUT2D eigenvalue weighted by Crippen LogP contribution is -2.34. The predicted molar refractivity (Wildman–Crippen MR) is 107 cm³/mol. The second kappa shape index (κ2) is 9.13. The van der Waals surface area contributed by atoms with Gasteiger partial charge in [-0.2, -0.15) is 0 Å². The number of nitro groups is 1. The first-order chi connectivity index (χ1) is 13.2. The van der Waals surface area contributed by atoms with Crippen molar-refractivity contribution in [1.29, 1.82) is 0 Å². The van der Waals surface area contributed by atoms with Gasteiger partial charge in [0, 0.05) is 18.7 Å². The van der Waals surface area contributed by atoms with Gasteiger partial charge in [0.25, 0.3) is 5.69 Å². The summed E-state index contributed by atoms with van der Waals surface area (Å²) >= 11 is 0. The van der Waals surface area contributed by atoms with Crippen LogP contribution in [0.1, 0.15) is 24.1 Å². The van der Waals surface area contributed by atoms with Gasteiger partial charge >= 0.3 is 0 Å². The maximum atomic E-state index is 12.8. The number of nitrogens with zero attached hydrogens (tertiary/aromatic N) is 2. The maximum Gasteiger partial charge on any atom is 0.273 e. The third-order valence-electron chi connectivity index (χ3n) is 4.51. The number of benzene rings is 2. The Balaban J connectivity index is 2.25. The fourth-order valence-electron chi connectivity index (χ4n) is 2.83. The van der Waals surface area contributed by atoms with Crippen LogP contribution < -0.4 is 9.46 Å². The van der Waals surface area contributed by atoms with Crippen molar-refractivity contribution in [2.75, 3.05) is 27.7 Å². The third-order valence-corrected chi connectivity index (χ3v) is 5.97. The smallest absolute Gasteiger partial charge is 0.273 e. The van der Waals surface area contributed by atoms with Crippen molar-refractivity contribution in [3.05, 3.63) is 63.7 Å². The van der Waals surface area contributed by atoms with E-state index in [1.807, 2.05) is 43.3 Å². The van der Waals surface area contributed by atoms with Crippen LogP contribution in [0, 0.1) is 10.1 Å². The lowest BCUT2D eigenvalue weighted by atomic mass is 10.0. The molecule has 0 spiro atoms. The number of methoxy groups -OCH3 is 1. The monoisotopic (exact) mass is 407 g/mol. The molecule has 1 atom stereocenters. The van der Waals surface area contributed by atoms with E-state index in [2.05, 4.69) is 11.6 Å². The van der Waals surface area contributed by atoms with Gasteiger partial charge in [0.05, 0.1) is 18.1 Å². The van der Waals surface area contributed by atoms with Crippen LogP contribution in [0.5, 0.6) is 5.75 Å². The molecule has 0 amide bonds. The van der Waals surface area contributed by atoms with Gasteiger partial charge in [-0.15, -0.1) is 0 Å². The molecule has 0 saturated carbocycles. The Hall–Kier alpha value is -2.49. The Labute approximate surface area is 165 Å². The lowest BCUT2D eigenvalue weighted by molar-refractivity contribution is -0.385. The van der Waals surface area contributed by atoms with Crippen molar-refractivity contribution in [2.45, 2.75) is 24.3 Å². The zero-order valence-electron chi connectivity index (χ0n) is 16.4.